The zero-order valence-electron chi connectivity index (χ0n) is 10.7. The Morgan fingerprint density at radius 1 is 1.11 bits per heavy atom. The van der Waals surface area contributed by atoms with E-state index in [-0.39, 0.29) is 5.84 Å². The first-order valence-electron chi connectivity index (χ1n) is 5.90. The highest BCUT2D eigenvalue weighted by molar-refractivity contribution is 5.95. The lowest BCUT2D eigenvalue weighted by atomic mass is 10.1. The summed E-state index contributed by atoms with van der Waals surface area (Å²) in [6, 6.07) is 14.9. The van der Waals surface area contributed by atoms with E-state index in [0.29, 0.717) is 23.7 Å². The van der Waals surface area contributed by atoms with Crippen LogP contribution in [-0.2, 0) is 6.61 Å². The minimum atomic E-state index is 0.0548. The van der Waals surface area contributed by atoms with Crippen LogP contribution in [0.4, 0.5) is 0 Å². The van der Waals surface area contributed by atoms with E-state index in [0.717, 1.165) is 5.56 Å². The Morgan fingerprint density at radius 3 is 2.53 bits per heavy atom. The van der Waals surface area contributed by atoms with Crippen LogP contribution in [0.25, 0.3) is 0 Å². The standard InChI is InChI=1S/C15H16N2O2/c1-18-13-7-2-3-8-14(13)19-10-11-5-4-6-12(9-11)15(16)17/h2-9H,10H2,1H3,(H3,16,17). The normalized spacial score (nSPS) is 9.95. The molecule has 0 aliphatic carbocycles. The number of nitrogens with one attached hydrogen (secondary N) is 1. The zero-order valence-corrected chi connectivity index (χ0v) is 10.7. The predicted molar refractivity (Wildman–Crippen MR) is 74.8 cm³/mol. The maximum atomic E-state index is 7.41. The van der Waals surface area contributed by atoms with E-state index in [4.69, 9.17) is 20.6 Å². The highest BCUT2D eigenvalue weighted by atomic mass is 16.5. The fourth-order valence-electron chi connectivity index (χ4n) is 1.73. The molecule has 0 aromatic heterocycles. The van der Waals surface area contributed by atoms with Crippen LogP contribution >= 0.6 is 0 Å². The van der Waals surface area contributed by atoms with Gasteiger partial charge in [-0.25, -0.2) is 0 Å². The molecule has 4 heteroatoms. The summed E-state index contributed by atoms with van der Waals surface area (Å²) < 4.78 is 10.9. The molecule has 19 heavy (non-hydrogen) atoms. The molecule has 0 bridgehead atoms. The largest absolute Gasteiger partial charge is 0.493 e. The van der Waals surface area contributed by atoms with E-state index in [1.165, 1.54) is 0 Å². The van der Waals surface area contributed by atoms with Crippen molar-refractivity contribution in [1.29, 1.82) is 5.41 Å². The van der Waals surface area contributed by atoms with Crippen LogP contribution < -0.4 is 15.2 Å². The van der Waals surface area contributed by atoms with Gasteiger partial charge in [-0.3, -0.25) is 5.41 Å². The highest BCUT2D eigenvalue weighted by Crippen LogP contribution is 2.26. The first-order chi connectivity index (χ1) is 9.20. The number of rotatable bonds is 5. The van der Waals surface area contributed by atoms with E-state index in [1.807, 2.05) is 42.5 Å². The first kappa shape index (κ1) is 13.0. The Hall–Kier alpha value is -2.49. The second-order valence-electron chi connectivity index (χ2n) is 4.05. The first-order valence-corrected chi connectivity index (χ1v) is 5.90. The predicted octanol–water partition coefficient (Wildman–Crippen LogP) is 2.56. The Balaban J connectivity index is 2.10. The molecule has 0 atom stereocenters. The third kappa shape index (κ3) is 3.25. The molecule has 98 valence electrons. The molecule has 0 aliphatic heterocycles. The van der Waals surface area contributed by atoms with Gasteiger partial charge in [0, 0.05) is 5.56 Å². The van der Waals surface area contributed by atoms with Gasteiger partial charge in [-0.1, -0.05) is 30.3 Å². The van der Waals surface area contributed by atoms with Gasteiger partial charge in [0.25, 0.3) is 0 Å². The summed E-state index contributed by atoms with van der Waals surface area (Å²) in [7, 11) is 1.61. The minimum absolute atomic E-state index is 0.0548. The van der Waals surface area contributed by atoms with Gasteiger partial charge in [0.05, 0.1) is 7.11 Å². The molecule has 0 spiro atoms. The van der Waals surface area contributed by atoms with Crippen LogP contribution in [0.3, 0.4) is 0 Å². The lowest BCUT2D eigenvalue weighted by Gasteiger charge is -2.10. The number of hydrogen-bond donors (Lipinski definition) is 2. The number of benzene rings is 2. The fraction of sp³-hybridized carbons (Fsp3) is 0.133. The molecule has 3 N–H and O–H groups in total. The molecule has 0 heterocycles. The Morgan fingerprint density at radius 2 is 1.84 bits per heavy atom. The van der Waals surface area contributed by atoms with Crippen molar-refractivity contribution in [3.05, 3.63) is 59.7 Å². The van der Waals surface area contributed by atoms with Crippen LogP contribution in [0.5, 0.6) is 11.5 Å². The SMILES string of the molecule is COc1ccccc1OCc1cccc(C(=N)N)c1. The van der Waals surface area contributed by atoms with Crippen LogP contribution in [-0.4, -0.2) is 12.9 Å². The van der Waals surface area contributed by atoms with Crippen molar-refractivity contribution in [3.8, 4) is 11.5 Å². The minimum Gasteiger partial charge on any atom is -0.493 e. The van der Waals surface area contributed by atoms with Gasteiger partial charge in [-0.2, -0.15) is 0 Å². The van der Waals surface area contributed by atoms with Crippen LogP contribution in [0.15, 0.2) is 48.5 Å². The topological polar surface area (TPSA) is 68.3 Å². The van der Waals surface area contributed by atoms with E-state index >= 15 is 0 Å². The molecule has 2 rings (SSSR count). The number of amidine groups is 1. The summed E-state index contributed by atoms with van der Waals surface area (Å²) in [6.07, 6.45) is 0. The quantitative estimate of drug-likeness (QED) is 0.638. The van der Waals surface area contributed by atoms with Crippen LogP contribution in [0.1, 0.15) is 11.1 Å². The van der Waals surface area contributed by atoms with Crippen molar-refractivity contribution in [3.63, 3.8) is 0 Å². The molecule has 0 saturated carbocycles. The van der Waals surface area contributed by atoms with Gasteiger partial charge in [-0.15, -0.1) is 0 Å². The average molecular weight is 256 g/mol. The number of para-hydroxylation sites is 2. The number of methoxy groups -OCH3 is 1. The summed E-state index contributed by atoms with van der Waals surface area (Å²) in [4.78, 5) is 0. The lowest BCUT2D eigenvalue weighted by molar-refractivity contribution is 0.284. The van der Waals surface area contributed by atoms with Gasteiger partial charge >= 0.3 is 0 Å². The maximum absolute atomic E-state index is 7.41. The molecule has 0 amide bonds. The smallest absolute Gasteiger partial charge is 0.161 e. The van der Waals surface area contributed by atoms with Crippen LogP contribution in [0, 0.1) is 5.41 Å². The van der Waals surface area contributed by atoms with E-state index in [9.17, 15) is 0 Å². The molecule has 0 unspecified atom stereocenters. The number of ether oxygens (including phenoxy) is 2. The van der Waals surface area contributed by atoms with Crippen LogP contribution in [0.2, 0.25) is 0 Å². The van der Waals surface area contributed by atoms with Gasteiger partial charge in [0.15, 0.2) is 11.5 Å². The molecular formula is C15H16N2O2. The third-order valence-electron chi connectivity index (χ3n) is 2.70. The summed E-state index contributed by atoms with van der Waals surface area (Å²) in [5.41, 5.74) is 7.11. The van der Waals surface area contributed by atoms with Crippen molar-refractivity contribution in [2.75, 3.05) is 7.11 Å². The van der Waals surface area contributed by atoms with Gasteiger partial charge in [0.1, 0.15) is 12.4 Å². The average Bonchev–Trinajstić information content (AvgIpc) is 2.45. The van der Waals surface area contributed by atoms with Gasteiger partial charge < -0.3 is 15.2 Å². The van der Waals surface area contributed by atoms with Crippen molar-refractivity contribution < 1.29 is 9.47 Å². The second-order valence-corrected chi connectivity index (χ2v) is 4.05. The Kier molecular flexibility index (Phi) is 4.03. The van der Waals surface area contributed by atoms with E-state index < -0.39 is 0 Å². The maximum Gasteiger partial charge on any atom is 0.161 e. The highest BCUT2D eigenvalue weighted by Gasteiger charge is 2.04. The molecule has 0 fully saturated rings. The van der Waals surface area contributed by atoms with E-state index in [2.05, 4.69) is 0 Å². The summed E-state index contributed by atoms with van der Waals surface area (Å²) in [6.45, 7) is 0.404. The van der Waals surface area contributed by atoms with Crippen molar-refractivity contribution in [1.82, 2.24) is 0 Å². The molecular weight excluding hydrogens is 240 g/mol. The van der Waals surface area contributed by atoms with Crippen molar-refractivity contribution in [2.24, 2.45) is 5.73 Å². The second kappa shape index (κ2) is 5.91. The monoisotopic (exact) mass is 256 g/mol. The van der Waals surface area contributed by atoms with Crippen molar-refractivity contribution >= 4 is 5.84 Å². The molecule has 0 aliphatic rings. The fourth-order valence-corrected chi connectivity index (χ4v) is 1.73. The van der Waals surface area contributed by atoms with E-state index in [1.54, 1.807) is 13.2 Å². The molecule has 0 radical (unpaired) electrons. The molecule has 2 aromatic rings. The summed E-state index contributed by atoms with van der Waals surface area (Å²) in [5, 5.41) is 7.41. The van der Waals surface area contributed by atoms with Gasteiger partial charge in [0.2, 0.25) is 0 Å². The lowest BCUT2D eigenvalue weighted by Crippen LogP contribution is -2.11. The number of nitrogens with two attached hydrogens (primary N) is 1. The number of nitrogen functional groups attached to an aromatic ring is 1. The molecule has 0 saturated heterocycles. The molecule has 2 aromatic carbocycles. The molecule has 4 nitrogen and oxygen atoms in total. The van der Waals surface area contributed by atoms with Crippen molar-refractivity contribution in [2.45, 2.75) is 6.61 Å². The Labute approximate surface area is 112 Å². The van der Waals surface area contributed by atoms with Gasteiger partial charge in [-0.05, 0) is 23.8 Å². The zero-order chi connectivity index (χ0) is 13.7. The Bertz CT molecular complexity index is 582. The third-order valence-corrected chi connectivity index (χ3v) is 2.70. The summed E-state index contributed by atoms with van der Waals surface area (Å²) in [5.74, 6) is 1.45. The summed E-state index contributed by atoms with van der Waals surface area (Å²) >= 11 is 0. The number of hydrogen-bond acceptors (Lipinski definition) is 3.